The van der Waals surface area contributed by atoms with Crippen LogP contribution in [0.3, 0.4) is 0 Å². The lowest BCUT2D eigenvalue weighted by Crippen LogP contribution is -2.07. The molecule has 0 amide bonds. The number of nitriles is 1. The molecular weight excluding hydrogens is 305 g/mol. The lowest BCUT2D eigenvalue weighted by molar-refractivity contribution is -0.136. The fraction of sp³-hybridized carbons (Fsp3) is 0.0625. The highest BCUT2D eigenvalue weighted by Crippen LogP contribution is 2.42. The molecule has 1 aromatic heterocycles. The lowest BCUT2D eigenvalue weighted by atomic mass is 9.94. The summed E-state index contributed by atoms with van der Waals surface area (Å²) in [6.45, 7) is 3.23. The van der Waals surface area contributed by atoms with Gasteiger partial charge in [-0.15, -0.1) is 0 Å². The van der Waals surface area contributed by atoms with E-state index in [2.05, 4.69) is 21.9 Å². The van der Waals surface area contributed by atoms with E-state index in [1.165, 1.54) is 0 Å². The van der Waals surface area contributed by atoms with E-state index in [9.17, 15) is 18.4 Å². The molecule has 3 aromatic rings. The van der Waals surface area contributed by atoms with Crippen molar-refractivity contribution in [1.82, 2.24) is 10.2 Å². The summed E-state index contributed by atoms with van der Waals surface area (Å²) in [7, 11) is 0. The summed E-state index contributed by atoms with van der Waals surface area (Å²) in [6.07, 6.45) is -4.61. The molecule has 0 bridgehead atoms. The fourth-order valence-corrected chi connectivity index (χ4v) is 2.49. The molecule has 23 heavy (non-hydrogen) atoms. The van der Waals surface area contributed by atoms with Crippen LogP contribution in [-0.4, -0.2) is 16.9 Å². The van der Waals surface area contributed by atoms with E-state index >= 15 is 0 Å². The third-order valence-corrected chi connectivity index (χ3v) is 3.48. The molecule has 2 aromatic carbocycles. The third-order valence-electron chi connectivity index (χ3n) is 3.48. The summed E-state index contributed by atoms with van der Waals surface area (Å²) in [6, 6.07) is 11.3. The van der Waals surface area contributed by atoms with Crippen molar-refractivity contribution in [3.05, 3.63) is 47.5 Å². The number of fused-ring (bicyclic) bond motifs is 1. The van der Waals surface area contributed by atoms with Crippen molar-refractivity contribution in [3.63, 3.8) is 0 Å². The van der Waals surface area contributed by atoms with E-state index in [-0.39, 0.29) is 27.8 Å². The van der Waals surface area contributed by atoms with Crippen LogP contribution in [-0.2, 0) is 6.18 Å². The maximum atomic E-state index is 13.5. The van der Waals surface area contributed by atoms with Crippen molar-refractivity contribution in [2.24, 2.45) is 4.99 Å². The molecule has 0 unspecified atom stereocenters. The van der Waals surface area contributed by atoms with Crippen molar-refractivity contribution in [1.29, 1.82) is 5.26 Å². The molecule has 114 valence electrons. The first-order valence-corrected chi connectivity index (χ1v) is 6.52. The molecule has 3 rings (SSSR count). The van der Waals surface area contributed by atoms with Gasteiger partial charge in [-0.1, -0.05) is 30.3 Å². The van der Waals surface area contributed by atoms with Crippen molar-refractivity contribution < 1.29 is 13.2 Å². The monoisotopic (exact) mass is 314 g/mol. The summed E-state index contributed by atoms with van der Waals surface area (Å²) < 4.78 is 40.4. The minimum atomic E-state index is -4.61. The maximum absolute atomic E-state index is 13.5. The van der Waals surface area contributed by atoms with Gasteiger partial charge in [-0.05, 0) is 18.3 Å². The minimum absolute atomic E-state index is 0.00331. The number of nitrogens with zero attached hydrogens (tertiary/aromatic N) is 3. The Labute approximate surface area is 128 Å². The number of H-pyrrole nitrogens is 1. The van der Waals surface area contributed by atoms with Gasteiger partial charge in [0.25, 0.3) is 0 Å². The average Bonchev–Trinajstić information content (AvgIpc) is 2.96. The summed E-state index contributed by atoms with van der Waals surface area (Å²) in [5.41, 5.74) is -0.113. The van der Waals surface area contributed by atoms with Gasteiger partial charge in [0.05, 0.1) is 22.0 Å². The number of aliphatic imine (C=N–C) groups is 1. The Hall–Kier alpha value is -3.14. The Balaban J connectivity index is 2.48. The SMILES string of the molecule is C=Nc1n[nH]c2c(C#N)c(-c3ccccc3)cc(C(F)(F)F)c12. The van der Waals surface area contributed by atoms with Gasteiger partial charge < -0.3 is 0 Å². The first-order chi connectivity index (χ1) is 11.0. The van der Waals surface area contributed by atoms with Crippen molar-refractivity contribution in [2.45, 2.75) is 6.18 Å². The van der Waals surface area contributed by atoms with Crippen LogP contribution in [0.5, 0.6) is 0 Å². The number of hydrogen-bond donors (Lipinski definition) is 1. The molecule has 0 fully saturated rings. The van der Waals surface area contributed by atoms with Crippen LogP contribution in [0.4, 0.5) is 19.0 Å². The van der Waals surface area contributed by atoms with Crippen molar-refractivity contribution in [2.75, 3.05) is 0 Å². The van der Waals surface area contributed by atoms with Gasteiger partial charge in [0.1, 0.15) is 6.07 Å². The largest absolute Gasteiger partial charge is 0.417 e. The number of benzene rings is 2. The normalized spacial score (nSPS) is 11.4. The molecule has 0 aliphatic carbocycles. The van der Waals surface area contributed by atoms with Gasteiger partial charge in [0.15, 0.2) is 5.82 Å². The van der Waals surface area contributed by atoms with Crippen LogP contribution in [0.15, 0.2) is 41.4 Å². The van der Waals surface area contributed by atoms with Crippen molar-refractivity contribution in [3.8, 4) is 17.2 Å². The van der Waals surface area contributed by atoms with Crippen LogP contribution in [0.2, 0.25) is 0 Å². The van der Waals surface area contributed by atoms with E-state index in [1.54, 1.807) is 30.3 Å². The van der Waals surface area contributed by atoms with Gasteiger partial charge >= 0.3 is 6.18 Å². The minimum Gasteiger partial charge on any atom is -0.274 e. The third kappa shape index (κ3) is 2.34. The quantitative estimate of drug-likeness (QED) is 0.710. The molecule has 0 saturated heterocycles. The molecule has 4 nitrogen and oxygen atoms in total. The molecule has 0 radical (unpaired) electrons. The second-order valence-corrected chi connectivity index (χ2v) is 4.78. The van der Waals surface area contributed by atoms with Crippen LogP contribution in [0.1, 0.15) is 11.1 Å². The zero-order valence-electron chi connectivity index (χ0n) is 11.6. The number of alkyl halides is 3. The smallest absolute Gasteiger partial charge is 0.274 e. The zero-order valence-corrected chi connectivity index (χ0v) is 11.6. The lowest BCUT2D eigenvalue weighted by Gasteiger charge is -2.13. The van der Waals surface area contributed by atoms with Gasteiger partial charge in [-0.25, -0.2) is 4.99 Å². The highest BCUT2D eigenvalue weighted by Gasteiger charge is 2.36. The first-order valence-electron chi connectivity index (χ1n) is 6.52. The van der Waals surface area contributed by atoms with Crippen LogP contribution in [0, 0.1) is 11.3 Å². The van der Waals surface area contributed by atoms with E-state index < -0.39 is 11.7 Å². The second-order valence-electron chi connectivity index (χ2n) is 4.78. The molecule has 1 N–H and O–H groups in total. The van der Waals surface area contributed by atoms with E-state index in [1.807, 2.05) is 6.07 Å². The van der Waals surface area contributed by atoms with E-state index in [0.717, 1.165) is 6.07 Å². The number of aromatic amines is 1. The number of hydrogen-bond acceptors (Lipinski definition) is 3. The van der Waals surface area contributed by atoms with Crippen LogP contribution in [0.25, 0.3) is 22.0 Å². The van der Waals surface area contributed by atoms with Gasteiger partial charge in [-0.2, -0.15) is 23.5 Å². The maximum Gasteiger partial charge on any atom is 0.417 e. The Kier molecular flexibility index (Phi) is 3.37. The fourth-order valence-electron chi connectivity index (χ4n) is 2.49. The molecule has 0 atom stereocenters. The molecule has 0 aliphatic rings. The highest BCUT2D eigenvalue weighted by molar-refractivity contribution is 6.00. The summed E-state index contributed by atoms with van der Waals surface area (Å²) >= 11 is 0. The van der Waals surface area contributed by atoms with Crippen LogP contribution >= 0.6 is 0 Å². The van der Waals surface area contributed by atoms with Gasteiger partial charge in [0, 0.05) is 5.56 Å². The predicted octanol–water partition coefficient (Wildman–Crippen LogP) is 4.45. The number of aromatic nitrogens is 2. The molecule has 0 aliphatic heterocycles. The second kappa shape index (κ2) is 5.25. The first kappa shape index (κ1) is 14.8. The molecular formula is C16H9F3N4. The van der Waals surface area contributed by atoms with E-state index in [4.69, 9.17) is 0 Å². The van der Waals surface area contributed by atoms with Crippen LogP contribution < -0.4 is 0 Å². The topological polar surface area (TPSA) is 64.8 Å². The van der Waals surface area contributed by atoms with Crippen molar-refractivity contribution >= 4 is 23.4 Å². The molecule has 7 heteroatoms. The Morgan fingerprint density at radius 2 is 1.91 bits per heavy atom. The highest BCUT2D eigenvalue weighted by atomic mass is 19.4. The molecule has 1 heterocycles. The molecule has 0 saturated carbocycles. The van der Waals surface area contributed by atoms with E-state index in [0.29, 0.717) is 5.56 Å². The number of nitrogens with one attached hydrogen (secondary N) is 1. The van der Waals surface area contributed by atoms with Gasteiger partial charge in [0.2, 0.25) is 0 Å². The van der Waals surface area contributed by atoms with Gasteiger partial charge in [-0.3, -0.25) is 5.10 Å². The average molecular weight is 314 g/mol. The Morgan fingerprint density at radius 3 is 2.48 bits per heavy atom. The Morgan fingerprint density at radius 1 is 1.22 bits per heavy atom. The standard InChI is InChI=1S/C16H9F3N4/c1-21-15-13-12(16(17,18)19)7-10(9-5-3-2-4-6-9)11(8-20)14(13)22-23-15/h2-7H,1H2,(H,22,23). The summed E-state index contributed by atoms with van der Waals surface area (Å²) in [4.78, 5) is 3.51. The number of rotatable bonds is 2. The molecule has 0 spiro atoms. The Bertz CT molecular complexity index is 934. The number of halogens is 3. The summed E-state index contributed by atoms with van der Waals surface area (Å²) in [5, 5.41) is 15.4. The summed E-state index contributed by atoms with van der Waals surface area (Å²) in [5.74, 6) is -0.177. The zero-order chi connectivity index (χ0) is 16.6. The predicted molar refractivity (Wildman–Crippen MR) is 80.5 cm³/mol.